The molecule has 0 spiro atoms. The summed E-state index contributed by atoms with van der Waals surface area (Å²) in [7, 11) is 0. The van der Waals surface area contributed by atoms with Crippen LogP contribution in [-0.4, -0.2) is 19.9 Å². The summed E-state index contributed by atoms with van der Waals surface area (Å²) in [4.78, 5) is 20.4. The van der Waals surface area contributed by atoms with E-state index in [-0.39, 0.29) is 0 Å². The molecule has 210 valence electrons. The van der Waals surface area contributed by atoms with Crippen LogP contribution in [0.25, 0.3) is 89.0 Å². The minimum atomic E-state index is 0.560. The molecule has 0 unspecified atom stereocenters. The zero-order valence-corrected chi connectivity index (χ0v) is 24.1. The van der Waals surface area contributed by atoms with Gasteiger partial charge < -0.3 is 4.42 Å². The maximum absolute atomic E-state index is 6.27. The second-order valence-corrected chi connectivity index (χ2v) is 11.1. The number of benzene rings is 6. The summed E-state index contributed by atoms with van der Waals surface area (Å²) in [5.74, 6) is 1.23. The molecule has 0 atom stereocenters. The van der Waals surface area contributed by atoms with Crippen LogP contribution in [-0.2, 0) is 0 Å². The van der Waals surface area contributed by atoms with E-state index in [1.807, 2.05) is 72.8 Å². The lowest BCUT2D eigenvalue weighted by atomic mass is 10.0. The third-order valence-electron chi connectivity index (χ3n) is 8.30. The second kappa shape index (κ2) is 10.2. The molecule has 9 rings (SSSR count). The van der Waals surface area contributed by atoms with Crippen LogP contribution in [0.15, 0.2) is 150 Å². The summed E-state index contributed by atoms with van der Waals surface area (Å²) in [5.41, 5.74) is 7.80. The average molecular weight is 577 g/mol. The first-order valence-electron chi connectivity index (χ1n) is 14.9. The third-order valence-corrected chi connectivity index (χ3v) is 8.30. The molecule has 9 aromatic rings. The molecular weight excluding hydrogens is 552 g/mol. The predicted octanol–water partition coefficient (Wildman–Crippen LogP) is 10.1. The lowest BCUT2D eigenvalue weighted by molar-refractivity contribution is 0.653. The standard InChI is InChI=1S/C40H24N4O/c1-3-13-26(14-4-1)35-32-23-22-25-12-7-8-19-30(25)37(32)43-38(41-35)28-17-11-18-29(24-28)39-42-36(27-15-5-2-6-16-27)34-31-20-9-10-21-33(31)45-40(34)44-39/h1-24H. The van der Waals surface area contributed by atoms with Gasteiger partial charge in [0.25, 0.3) is 0 Å². The van der Waals surface area contributed by atoms with E-state index in [1.165, 1.54) is 0 Å². The molecule has 0 bridgehead atoms. The number of rotatable bonds is 4. The first-order chi connectivity index (χ1) is 22.3. The molecular formula is C40H24N4O. The smallest absolute Gasteiger partial charge is 0.231 e. The van der Waals surface area contributed by atoms with Crippen molar-refractivity contribution in [3.63, 3.8) is 0 Å². The van der Waals surface area contributed by atoms with Crippen molar-refractivity contribution in [2.75, 3.05) is 0 Å². The topological polar surface area (TPSA) is 64.7 Å². The van der Waals surface area contributed by atoms with Crippen molar-refractivity contribution in [1.29, 1.82) is 0 Å². The van der Waals surface area contributed by atoms with Crippen molar-refractivity contribution >= 4 is 43.7 Å². The van der Waals surface area contributed by atoms with Crippen molar-refractivity contribution in [3.05, 3.63) is 146 Å². The molecule has 6 aromatic carbocycles. The summed E-state index contributed by atoms with van der Waals surface area (Å²) in [6.45, 7) is 0. The lowest BCUT2D eigenvalue weighted by Gasteiger charge is -2.12. The van der Waals surface area contributed by atoms with Crippen LogP contribution in [0.4, 0.5) is 0 Å². The van der Waals surface area contributed by atoms with Gasteiger partial charge in [0, 0.05) is 38.4 Å². The minimum absolute atomic E-state index is 0.560. The van der Waals surface area contributed by atoms with Gasteiger partial charge in [0.15, 0.2) is 11.6 Å². The molecule has 0 amide bonds. The van der Waals surface area contributed by atoms with Crippen molar-refractivity contribution in [2.24, 2.45) is 0 Å². The van der Waals surface area contributed by atoms with Gasteiger partial charge >= 0.3 is 0 Å². The Morgan fingerprint density at radius 3 is 1.78 bits per heavy atom. The number of para-hydroxylation sites is 1. The van der Waals surface area contributed by atoms with E-state index >= 15 is 0 Å². The first kappa shape index (κ1) is 25.3. The lowest BCUT2D eigenvalue weighted by Crippen LogP contribution is -1.97. The summed E-state index contributed by atoms with van der Waals surface area (Å²) in [6, 6.07) is 49.3. The van der Waals surface area contributed by atoms with Crippen LogP contribution < -0.4 is 0 Å². The molecule has 5 nitrogen and oxygen atoms in total. The molecule has 3 heterocycles. The average Bonchev–Trinajstić information content (AvgIpc) is 3.50. The van der Waals surface area contributed by atoms with Crippen molar-refractivity contribution in [1.82, 2.24) is 19.9 Å². The van der Waals surface area contributed by atoms with Gasteiger partial charge in [-0.3, -0.25) is 0 Å². The molecule has 0 aliphatic rings. The van der Waals surface area contributed by atoms with Gasteiger partial charge in [-0.1, -0.05) is 127 Å². The van der Waals surface area contributed by atoms with Crippen LogP contribution in [0.1, 0.15) is 0 Å². The highest BCUT2D eigenvalue weighted by atomic mass is 16.3. The Morgan fingerprint density at radius 2 is 1.00 bits per heavy atom. The van der Waals surface area contributed by atoms with Gasteiger partial charge in [0.2, 0.25) is 5.71 Å². The highest BCUT2D eigenvalue weighted by Gasteiger charge is 2.19. The van der Waals surface area contributed by atoms with E-state index in [9.17, 15) is 0 Å². The van der Waals surface area contributed by atoms with Crippen LogP contribution in [0, 0.1) is 0 Å². The molecule has 0 saturated heterocycles. The maximum atomic E-state index is 6.27. The third kappa shape index (κ3) is 4.25. The summed E-state index contributed by atoms with van der Waals surface area (Å²) < 4.78 is 6.27. The fourth-order valence-electron chi connectivity index (χ4n) is 6.16. The normalized spacial score (nSPS) is 11.6. The molecule has 0 aliphatic heterocycles. The number of hydrogen-bond donors (Lipinski definition) is 0. The molecule has 0 aliphatic carbocycles. The van der Waals surface area contributed by atoms with Crippen LogP contribution in [0.2, 0.25) is 0 Å². The summed E-state index contributed by atoms with van der Waals surface area (Å²) in [5, 5.41) is 5.17. The number of fused-ring (bicyclic) bond motifs is 6. The zero-order valence-electron chi connectivity index (χ0n) is 24.1. The Morgan fingerprint density at radius 1 is 0.400 bits per heavy atom. The fraction of sp³-hybridized carbons (Fsp3) is 0. The minimum Gasteiger partial charge on any atom is -0.438 e. The Hall–Kier alpha value is -6.20. The van der Waals surface area contributed by atoms with E-state index in [0.717, 1.165) is 71.7 Å². The highest BCUT2D eigenvalue weighted by Crippen LogP contribution is 2.37. The summed E-state index contributed by atoms with van der Waals surface area (Å²) >= 11 is 0. The monoisotopic (exact) mass is 576 g/mol. The highest BCUT2D eigenvalue weighted by molar-refractivity contribution is 6.11. The van der Waals surface area contributed by atoms with E-state index in [4.69, 9.17) is 24.4 Å². The van der Waals surface area contributed by atoms with Gasteiger partial charge in [-0.25, -0.2) is 15.0 Å². The van der Waals surface area contributed by atoms with Gasteiger partial charge in [-0.05, 0) is 23.6 Å². The quantitative estimate of drug-likeness (QED) is 0.195. The van der Waals surface area contributed by atoms with Crippen LogP contribution >= 0.6 is 0 Å². The second-order valence-electron chi connectivity index (χ2n) is 11.1. The zero-order chi connectivity index (χ0) is 29.7. The Labute approximate surface area is 258 Å². The largest absolute Gasteiger partial charge is 0.438 e. The van der Waals surface area contributed by atoms with E-state index in [0.29, 0.717) is 17.4 Å². The molecule has 45 heavy (non-hydrogen) atoms. The number of nitrogens with zero attached hydrogens (tertiary/aromatic N) is 4. The Balaban J connectivity index is 1.27. The number of furan rings is 1. The first-order valence-corrected chi connectivity index (χ1v) is 14.9. The molecule has 0 radical (unpaired) electrons. The van der Waals surface area contributed by atoms with Gasteiger partial charge in [-0.2, -0.15) is 4.98 Å². The molecule has 5 heteroatoms. The Bertz CT molecular complexity index is 2540. The predicted molar refractivity (Wildman–Crippen MR) is 182 cm³/mol. The van der Waals surface area contributed by atoms with Crippen molar-refractivity contribution in [3.8, 4) is 45.3 Å². The van der Waals surface area contributed by atoms with Crippen molar-refractivity contribution in [2.45, 2.75) is 0 Å². The van der Waals surface area contributed by atoms with E-state index in [2.05, 4.69) is 72.8 Å². The van der Waals surface area contributed by atoms with Gasteiger partial charge in [0.1, 0.15) is 5.58 Å². The van der Waals surface area contributed by atoms with Crippen LogP contribution in [0.5, 0.6) is 0 Å². The molecule has 0 saturated carbocycles. The van der Waals surface area contributed by atoms with Crippen molar-refractivity contribution < 1.29 is 4.42 Å². The van der Waals surface area contributed by atoms with Gasteiger partial charge in [-0.15, -0.1) is 0 Å². The number of aromatic nitrogens is 4. The van der Waals surface area contributed by atoms with E-state index < -0.39 is 0 Å². The summed E-state index contributed by atoms with van der Waals surface area (Å²) in [6.07, 6.45) is 0. The maximum Gasteiger partial charge on any atom is 0.231 e. The Kier molecular flexibility index (Phi) is 5.74. The molecule has 3 aromatic heterocycles. The fourth-order valence-corrected chi connectivity index (χ4v) is 6.16. The van der Waals surface area contributed by atoms with E-state index in [1.54, 1.807) is 0 Å². The van der Waals surface area contributed by atoms with Crippen LogP contribution in [0.3, 0.4) is 0 Å². The SMILES string of the molecule is c1ccc(-c2nc(-c3cccc(-c4nc(-c5ccccc5)c5c(n4)oc4ccccc45)c3)nc3c2ccc2ccccc23)cc1. The molecule has 0 N–H and O–H groups in total. The number of hydrogen-bond acceptors (Lipinski definition) is 5. The van der Waals surface area contributed by atoms with Gasteiger partial charge in [0.05, 0.1) is 22.3 Å². The molecule has 0 fully saturated rings.